The van der Waals surface area contributed by atoms with Crippen molar-refractivity contribution < 1.29 is 4.79 Å². The van der Waals surface area contributed by atoms with Crippen LogP contribution in [0.1, 0.15) is 42.6 Å². The summed E-state index contributed by atoms with van der Waals surface area (Å²) in [5, 5.41) is 6.92. The lowest BCUT2D eigenvalue weighted by atomic mass is 10.0. The van der Waals surface area contributed by atoms with Crippen LogP contribution in [0.5, 0.6) is 0 Å². The van der Waals surface area contributed by atoms with Gasteiger partial charge in [-0.2, -0.15) is 5.10 Å². The van der Waals surface area contributed by atoms with Crippen LogP contribution in [0.4, 0.5) is 0 Å². The summed E-state index contributed by atoms with van der Waals surface area (Å²) in [5.41, 5.74) is 0.481. The van der Waals surface area contributed by atoms with Gasteiger partial charge in [-0.1, -0.05) is 26.0 Å². The summed E-state index contributed by atoms with van der Waals surface area (Å²) in [4.78, 5) is 36.0. The maximum Gasteiger partial charge on any atom is 0.280 e. The van der Waals surface area contributed by atoms with Crippen molar-refractivity contribution in [2.24, 2.45) is 13.0 Å². The molecule has 0 fully saturated rings. The van der Waals surface area contributed by atoms with Crippen molar-refractivity contribution in [3.63, 3.8) is 0 Å². The van der Waals surface area contributed by atoms with Gasteiger partial charge in [-0.15, -0.1) is 0 Å². The summed E-state index contributed by atoms with van der Waals surface area (Å²) in [6.07, 6.45) is 2.11. The zero-order chi connectivity index (χ0) is 18.0. The molecular weight excluding hydrogens is 320 g/mol. The highest BCUT2D eigenvalue weighted by atomic mass is 16.2. The van der Waals surface area contributed by atoms with Gasteiger partial charge in [-0.25, -0.2) is 9.97 Å². The van der Waals surface area contributed by atoms with Crippen molar-refractivity contribution in [3.05, 3.63) is 52.5 Å². The third-order valence-corrected chi connectivity index (χ3v) is 3.89. The van der Waals surface area contributed by atoms with E-state index in [2.05, 4.69) is 39.2 Å². The summed E-state index contributed by atoms with van der Waals surface area (Å²) in [6, 6.07) is 6.74. The molecule has 0 saturated carbocycles. The van der Waals surface area contributed by atoms with Gasteiger partial charge < -0.3 is 10.3 Å². The maximum absolute atomic E-state index is 12.7. The van der Waals surface area contributed by atoms with Gasteiger partial charge in [0.25, 0.3) is 11.5 Å². The average Bonchev–Trinajstić information content (AvgIpc) is 2.99. The number of benzene rings is 1. The predicted molar refractivity (Wildman–Crippen MR) is 93.0 cm³/mol. The van der Waals surface area contributed by atoms with E-state index in [1.165, 1.54) is 6.33 Å². The summed E-state index contributed by atoms with van der Waals surface area (Å²) in [7, 11) is 1.77. The van der Waals surface area contributed by atoms with Gasteiger partial charge in [0.05, 0.1) is 17.1 Å². The number of amides is 1. The maximum atomic E-state index is 12.7. The van der Waals surface area contributed by atoms with Crippen molar-refractivity contribution >= 4 is 16.9 Å². The SMILES string of the molecule is CC(C)C[C@@H](NC(=O)c1nc2ccccc2[nH]c1=O)c1ncnn1C. The third-order valence-electron chi connectivity index (χ3n) is 3.89. The molecule has 3 rings (SSSR count). The Morgan fingerprint density at radius 3 is 2.76 bits per heavy atom. The van der Waals surface area contributed by atoms with E-state index in [1.807, 2.05) is 0 Å². The molecule has 130 valence electrons. The van der Waals surface area contributed by atoms with Crippen molar-refractivity contribution in [1.82, 2.24) is 30.0 Å². The summed E-state index contributed by atoms with van der Waals surface area (Å²) in [6.45, 7) is 4.10. The number of para-hydroxylation sites is 2. The number of rotatable bonds is 5. The smallest absolute Gasteiger partial charge is 0.280 e. The Hall–Kier alpha value is -3.03. The molecular formula is C17H20N6O2. The average molecular weight is 340 g/mol. The fourth-order valence-corrected chi connectivity index (χ4v) is 2.73. The second-order valence-electron chi connectivity index (χ2n) is 6.33. The Morgan fingerprint density at radius 2 is 2.08 bits per heavy atom. The molecule has 2 N–H and O–H groups in total. The molecule has 0 aliphatic carbocycles. The highest BCUT2D eigenvalue weighted by Crippen LogP contribution is 2.19. The lowest BCUT2D eigenvalue weighted by molar-refractivity contribution is 0.0922. The minimum absolute atomic E-state index is 0.158. The molecule has 0 aliphatic rings. The lowest BCUT2D eigenvalue weighted by Crippen LogP contribution is -2.35. The van der Waals surface area contributed by atoms with Gasteiger partial charge >= 0.3 is 0 Å². The minimum Gasteiger partial charge on any atom is -0.340 e. The van der Waals surface area contributed by atoms with Gasteiger partial charge in [-0.05, 0) is 24.5 Å². The molecule has 2 heterocycles. The quantitative estimate of drug-likeness (QED) is 0.733. The number of aryl methyl sites for hydroxylation is 1. The first kappa shape index (κ1) is 16.8. The third kappa shape index (κ3) is 3.57. The number of nitrogens with one attached hydrogen (secondary N) is 2. The molecule has 1 aromatic carbocycles. The summed E-state index contributed by atoms with van der Waals surface area (Å²) in [5.74, 6) is 0.435. The van der Waals surface area contributed by atoms with Gasteiger partial charge in [0.15, 0.2) is 5.69 Å². The van der Waals surface area contributed by atoms with Crippen LogP contribution < -0.4 is 10.9 Å². The van der Waals surface area contributed by atoms with Crippen LogP contribution >= 0.6 is 0 Å². The van der Waals surface area contributed by atoms with E-state index >= 15 is 0 Å². The van der Waals surface area contributed by atoms with Gasteiger partial charge in [0.1, 0.15) is 12.2 Å². The lowest BCUT2D eigenvalue weighted by Gasteiger charge is -2.19. The van der Waals surface area contributed by atoms with Crippen LogP contribution in [-0.4, -0.2) is 30.6 Å². The normalized spacial score (nSPS) is 12.5. The molecule has 0 aliphatic heterocycles. The number of aromatic nitrogens is 5. The van der Waals surface area contributed by atoms with Gasteiger partial charge in [-0.3, -0.25) is 14.3 Å². The second-order valence-corrected chi connectivity index (χ2v) is 6.33. The molecule has 0 radical (unpaired) electrons. The molecule has 8 nitrogen and oxygen atoms in total. The van der Waals surface area contributed by atoms with Crippen molar-refractivity contribution in [2.75, 3.05) is 0 Å². The molecule has 0 saturated heterocycles. The van der Waals surface area contributed by atoms with Crippen molar-refractivity contribution in [3.8, 4) is 0 Å². The number of carbonyl (C=O) groups excluding carboxylic acids is 1. The van der Waals surface area contributed by atoms with E-state index in [1.54, 1.807) is 36.0 Å². The van der Waals surface area contributed by atoms with Crippen LogP contribution in [0.3, 0.4) is 0 Å². The Kier molecular flexibility index (Phi) is 4.60. The van der Waals surface area contributed by atoms with Crippen molar-refractivity contribution in [2.45, 2.75) is 26.3 Å². The molecule has 2 aromatic heterocycles. The number of H-pyrrole nitrogens is 1. The van der Waals surface area contributed by atoms with Crippen LogP contribution in [-0.2, 0) is 7.05 Å². The molecule has 0 spiro atoms. The number of nitrogens with zero attached hydrogens (tertiary/aromatic N) is 4. The fraction of sp³-hybridized carbons (Fsp3) is 0.353. The molecule has 1 atom stereocenters. The molecule has 1 amide bonds. The first-order chi connectivity index (χ1) is 12.0. The van der Waals surface area contributed by atoms with E-state index in [-0.39, 0.29) is 11.7 Å². The van der Waals surface area contributed by atoms with E-state index < -0.39 is 11.5 Å². The Morgan fingerprint density at radius 1 is 1.32 bits per heavy atom. The topological polar surface area (TPSA) is 106 Å². The Balaban J connectivity index is 1.92. The van der Waals surface area contributed by atoms with Crippen molar-refractivity contribution in [1.29, 1.82) is 0 Å². The minimum atomic E-state index is -0.527. The Labute approximate surface area is 144 Å². The van der Waals surface area contributed by atoms with Crippen LogP contribution in [0.2, 0.25) is 0 Å². The van der Waals surface area contributed by atoms with Crippen LogP contribution in [0.25, 0.3) is 11.0 Å². The second kappa shape index (κ2) is 6.84. The highest BCUT2D eigenvalue weighted by Gasteiger charge is 2.23. The highest BCUT2D eigenvalue weighted by molar-refractivity contribution is 5.93. The molecule has 25 heavy (non-hydrogen) atoms. The number of hydrogen-bond acceptors (Lipinski definition) is 5. The van der Waals surface area contributed by atoms with Gasteiger partial charge in [0, 0.05) is 7.05 Å². The zero-order valence-corrected chi connectivity index (χ0v) is 14.4. The van der Waals surface area contributed by atoms with Crippen LogP contribution in [0.15, 0.2) is 35.4 Å². The predicted octanol–water partition coefficient (Wildman–Crippen LogP) is 1.57. The fourth-order valence-electron chi connectivity index (χ4n) is 2.73. The van der Waals surface area contributed by atoms with Gasteiger partial charge in [0.2, 0.25) is 0 Å². The number of aromatic amines is 1. The number of hydrogen-bond donors (Lipinski definition) is 2. The monoisotopic (exact) mass is 340 g/mol. The van der Waals surface area contributed by atoms with E-state index in [9.17, 15) is 9.59 Å². The first-order valence-corrected chi connectivity index (χ1v) is 8.09. The standard InChI is InChI=1S/C17H20N6O2/c1-10(2)8-13(15-18-9-19-23(15)3)22-17(25)14-16(24)21-12-7-5-4-6-11(12)20-14/h4-7,9-10,13H,8H2,1-3H3,(H,21,24)(H,22,25)/t13-/m1/s1. The zero-order valence-electron chi connectivity index (χ0n) is 14.4. The summed E-state index contributed by atoms with van der Waals surface area (Å²) >= 11 is 0. The summed E-state index contributed by atoms with van der Waals surface area (Å²) < 4.78 is 1.62. The molecule has 8 heteroatoms. The van der Waals surface area contributed by atoms with E-state index in [4.69, 9.17) is 0 Å². The Bertz CT molecular complexity index is 959. The van der Waals surface area contributed by atoms with Crippen LogP contribution in [0, 0.1) is 5.92 Å². The molecule has 0 bridgehead atoms. The number of fused-ring (bicyclic) bond motifs is 1. The molecule has 0 unspecified atom stereocenters. The number of carbonyl (C=O) groups is 1. The first-order valence-electron chi connectivity index (χ1n) is 8.09. The molecule has 3 aromatic rings. The van der Waals surface area contributed by atoms with E-state index in [0.717, 1.165) is 0 Å². The largest absolute Gasteiger partial charge is 0.340 e. The van der Waals surface area contributed by atoms with E-state index in [0.29, 0.717) is 29.2 Å².